The fraction of sp³-hybridized carbons (Fsp3) is 0.409. The molecule has 2 aromatic carbocycles. The number of morpholine rings is 1. The number of nitrogens with zero attached hydrogens (tertiary/aromatic N) is 3. The van der Waals surface area contributed by atoms with Gasteiger partial charge in [0.25, 0.3) is 0 Å². The van der Waals surface area contributed by atoms with Crippen molar-refractivity contribution < 1.29 is 17.9 Å². The number of urea groups is 1. The van der Waals surface area contributed by atoms with Gasteiger partial charge in [-0.25, -0.2) is 17.5 Å². The van der Waals surface area contributed by atoms with E-state index in [2.05, 4.69) is 10.2 Å². The molecule has 1 saturated heterocycles. The Morgan fingerprint density at radius 1 is 1.10 bits per heavy atom. The number of hydrogen-bond donors (Lipinski definition) is 1. The molecule has 2 aliphatic rings. The molecule has 1 unspecified atom stereocenters. The minimum Gasteiger partial charge on any atom is -0.378 e. The summed E-state index contributed by atoms with van der Waals surface area (Å²) in [5.74, 6) is 0. The van der Waals surface area contributed by atoms with Gasteiger partial charge in [-0.1, -0.05) is 6.07 Å². The summed E-state index contributed by atoms with van der Waals surface area (Å²) in [6.07, 6.45) is 0.682. The number of hydrogen-bond acceptors (Lipinski definition) is 5. The van der Waals surface area contributed by atoms with Crippen molar-refractivity contribution in [3.63, 3.8) is 0 Å². The molecule has 166 valence electrons. The number of anilines is 3. The van der Waals surface area contributed by atoms with Crippen LogP contribution in [-0.2, 0) is 21.2 Å². The Hall–Kier alpha value is -2.62. The summed E-state index contributed by atoms with van der Waals surface area (Å²) in [6.45, 7) is 5.10. The molecule has 0 spiro atoms. The summed E-state index contributed by atoms with van der Waals surface area (Å²) in [6, 6.07) is 12.4. The largest absolute Gasteiger partial charge is 0.378 e. The monoisotopic (exact) mass is 444 g/mol. The van der Waals surface area contributed by atoms with Crippen LogP contribution < -0.4 is 15.1 Å². The van der Waals surface area contributed by atoms with Gasteiger partial charge in [0.15, 0.2) is 0 Å². The third-order valence-electron chi connectivity index (χ3n) is 5.76. The third-order valence-corrected chi connectivity index (χ3v) is 7.58. The molecule has 31 heavy (non-hydrogen) atoms. The molecule has 2 amide bonds. The van der Waals surface area contributed by atoms with E-state index in [1.165, 1.54) is 18.4 Å². The van der Waals surface area contributed by atoms with Crippen LogP contribution in [0.5, 0.6) is 0 Å². The number of carbonyl (C=O) groups is 1. The molecule has 9 heteroatoms. The average molecular weight is 445 g/mol. The van der Waals surface area contributed by atoms with Crippen LogP contribution in [0.3, 0.4) is 0 Å². The Labute approximate surface area is 183 Å². The van der Waals surface area contributed by atoms with E-state index in [-0.39, 0.29) is 17.0 Å². The number of nitrogens with one attached hydrogen (secondary N) is 1. The van der Waals surface area contributed by atoms with E-state index < -0.39 is 10.0 Å². The highest BCUT2D eigenvalue weighted by molar-refractivity contribution is 7.89. The molecule has 1 fully saturated rings. The van der Waals surface area contributed by atoms with E-state index in [1.807, 2.05) is 31.2 Å². The zero-order valence-electron chi connectivity index (χ0n) is 18.0. The minimum atomic E-state index is -3.58. The Morgan fingerprint density at radius 2 is 1.77 bits per heavy atom. The quantitative estimate of drug-likeness (QED) is 0.784. The molecule has 0 saturated carbocycles. The zero-order chi connectivity index (χ0) is 22.2. The number of carbonyl (C=O) groups excluding carboxylic acids is 1. The molecule has 2 aromatic rings. The van der Waals surface area contributed by atoms with Crippen molar-refractivity contribution in [2.75, 3.05) is 55.5 Å². The van der Waals surface area contributed by atoms with Crippen molar-refractivity contribution in [2.45, 2.75) is 24.3 Å². The van der Waals surface area contributed by atoms with E-state index in [9.17, 15) is 13.2 Å². The highest BCUT2D eigenvalue weighted by Crippen LogP contribution is 2.35. The van der Waals surface area contributed by atoms with Crippen molar-refractivity contribution in [3.8, 4) is 0 Å². The summed E-state index contributed by atoms with van der Waals surface area (Å²) in [5, 5.41) is 2.95. The second kappa shape index (κ2) is 8.49. The second-order valence-electron chi connectivity index (χ2n) is 8.08. The molecule has 0 aliphatic carbocycles. The van der Waals surface area contributed by atoms with E-state index in [0.717, 1.165) is 37.6 Å². The Bertz CT molecular complexity index is 1060. The first kappa shape index (κ1) is 21.6. The maximum absolute atomic E-state index is 13.1. The van der Waals surface area contributed by atoms with Gasteiger partial charge in [0.1, 0.15) is 0 Å². The van der Waals surface area contributed by atoms with Crippen LogP contribution in [0.2, 0.25) is 0 Å². The van der Waals surface area contributed by atoms with Gasteiger partial charge in [-0.15, -0.1) is 0 Å². The zero-order valence-corrected chi connectivity index (χ0v) is 18.9. The lowest BCUT2D eigenvalue weighted by Crippen LogP contribution is -2.39. The van der Waals surface area contributed by atoms with Crippen LogP contribution >= 0.6 is 0 Å². The Kier molecular flexibility index (Phi) is 5.92. The third kappa shape index (κ3) is 4.26. The van der Waals surface area contributed by atoms with Crippen LogP contribution in [-0.4, -0.2) is 65.2 Å². The Morgan fingerprint density at radius 3 is 2.42 bits per heavy atom. The van der Waals surface area contributed by atoms with Crippen LogP contribution in [0.4, 0.5) is 21.9 Å². The first-order valence-electron chi connectivity index (χ1n) is 10.4. The second-order valence-corrected chi connectivity index (χ2v) is 10.2. The topological polar surface area (TPSA) is 82.2 Å². The van der Waals surface area contributed by atoms with E-state index in [1.54, 1.807) is 23.1 Å². The molecule has 1 N–H and O–H groups in total. The predicted molar refractivity (Wildman–Crippen MR) is 121 cm³/mol. The molecule has 0 bridgehead atoms. The highest BCUT2D eigenvalue weighted by atomic mass is 32.2. The SMILES string of the molecule is CC1Cc2ccc(S(=O)(=O)N(C)C)cc2N1C(=O)Nc1ccc(N2CCOCC2)cc1. The van der Waals surface area contributed by atoms with Gasteiger partial charge in [-0.05, 0) is 55.3 Å². The molecular weight excluding hydrogens is 416 g/mol. The number of rotatable bonds is 4. The molecule has 8 nitrogen and oxygen atoms in total. The number of ether oxygens (including phenoxy) is 1. The van der Waals surface area contributed by atoms with Crippen LogP contribution in [0.25, 0.3) is 0 Å². The number of amides is 2. The van der Waals surface area contributed by atoms with Gasteiger partial charge in [-0.2, -0.15) is 0 Å². The van der Waals surface area contributed by atoms with E-state index in [4.69, 9.17) is 4.74 Å². The lowest BCUT2D eigenvalue weighted by molar-refractivity contribution is 0.122. The van der Waals surface area contributed by atoms with Crippen LogP contribution in [0.1, 0.15) is 12.5 Å². The highest BCUT2D eigenvalue weighted by Gasteiger charge is 2.32. The summed E-state index contributed by atoms with van der Waals surface area (Å²) >= 11 is 0. The maximum Gasteiger partial charge on any atom is 0.326 e. The summed E-state index contributed by atoms with van der Waals surface area (Å²) in [7, 11) is -0.586. The van der Waals surface area contributed by atoms with Crippen molar-refractivity contribution in [2.24, 2.45) is 0 Å². The molecule has 2 aliphatic heterocycles. The van der Waals surface area contributed by atoms with Gasteiger partial charge < -0.3 is 15.0 Å². The van der Waals surface area contributed by atoms with Gasteiger partial charge in [0, 0.05) is 44.6 Å². The Balaban J connectivity index is 1.53. The summed E-state index contributed by atoms with van der Waals surface area (Å²) in [5.41, 5.74) is 3.39. The van der Waals surface area contributed by atoms with Gasteiger partial charge in [0.05, 0.1) is 23.8 Å². The fourth-order valence-electron chi connectivity index (χ4n) is 4.03. The number of benzene rings is 2. The lowest BCUT2D eigenvalue weighted by Gasteiger charge is -2.29. The molecule has 1 atom stereocenters. The number of sulfonamides is 1. The molecule has 4 rings (SSSR count). The number of fused-ring (bicyclic) bond motifs is 1. The predicted octanol–water partition coefficient (Wildman–Crippen LogP) is 2.76. The first-order valence-corrected chi connectivity index (χ1v) is 11.8. The van der Waals surface area contributed by atoms with Gasteiger partial charge in [0.2, 0.25) is 10.0 Å². The van der Waals surface area contributed by atoms with Crippen LogP contribution in [0.15, 0.2) is 47.4 Å². The van der Waals surface area contributed by atoms with Crippen molar-refractivity contribution >= 4 is 33.1 Å². The van der Waals surface area contributed by atoms with E-state index in [0.29, 0.717) is 17.8 Å². The first-order chi connectivity index (χ1) is 14.8. The molecule has 2 heterocycles. The van der Waals surface area contributed by atoms with Gasteiger partial charge >= 0.3 is 6.03 Å². The normalized spacial score (nSPS) is 18.9. The molecule has 0 radical (unpaired) electrons. The van der Waals surface area contributed by atoms with Gasteiger partial charge in [-0.3, -0.25) is 4.90 Å². The standard InChI is InChI=1S/C22H28N4O4S/c1-16-14-17-4-9-20(31(28,29)24(2)3)15-21(17)26(16)22(27)23-18-5-7-19(8-6-18)25-10-12-30-13-11-25/h4-9,15-16H,10-14H2,1-3H3,(H,23,27). The minimum absolute atomic E-state index is 0.0695. The smallest absolute Gasteiger partial charge is 0.326 e. The summed E-state index contributed by atoms with van der Waals surface area (Å²) < 4.78 is 31.6. The van der Waals surface area contributed by atoms with Crippen molar-refractivity contribution in [3.05, 3.63) is 48.0 Å². The van der Waals surface area contributed by atoms with Crippen molar-refractivity contribution in [1.29, 1.82) is 0 Å². The lowest BCUT2D eigenvalue weighted by atomic mass is 10.1. The maximum atomic E-state index is 13.1. The van der Waals surface area contributed by atoms with E-state index >= 15 is 0 Å². The molecule has 0 aromatic heterocycles. The average Bonchev–Trinajstić information content (AvgIpc) is 3.09. The molecular formula is C22H28N4O4S. The fourth-order valence-corrected chi connectivity index (χ4v) is 4.95. The van der Waals surface area contributed by atoms with Crippen molar-refractivity contribution in [1.82, 2.24) is 4.31 Å². The van der Waals surface area contributed by atoms with Crippen LogP contribution in [0, 0.1) is 0 Å². The summed E-state index contributed by atoms with van der Waals surface area (Å²) in [4.78, 5) is 17.2.